The number of nitrogens with one attached hydrogen (secondary N) is 1. The SMILES string of the molecule is Cc1nnc(CCc2ccccc2)n1C1CC2CCC(C1)N2CC[C@H](NC(=O)C1CCC(F)(F)CC1)c1ccccc1. The van der Waals surface area contributed by atoms with Crippen LogP contribution in [0.3, 0.4) is 0 Å². The van der Waals surface area contributed by atoms with E-state index in [4.69, 9.17) is 0 Å². The van der Waals surface area contributed by atoms with Crippen molar-refractivity contribution >= 4 is 5.91 Å². The predicted molar refractivity (Wildman–Crippen MR) is 159 cm³/mol. The molecule has 3 atom stereocenters. The fourth-order valence-electron chi connectivity index (χ4n) is 7.66. The zero-order valence-electron chi connectivity index (χ0n) is 24.6. The van der Waals surface area contributed by atoms with Gasteiger partial charge >= 0.3 is 0 Å². The molecule has 1 N–H and O–H groups in total. The minimum atomic E-state index is -2.63. The first-order chi connectivity index (χ1) is 20.4. The third kappa shape index (κ3) is 6.59. The van der Waals surface area contributed by atoms with Crippen LogP contribution in [0.4, 0.5) is 8.78 Å². The number of fused-ring (bicyclic) bond motifs is 2. The summed E-state index contributed by atoms with van der Waals surface area (Å²) in [5, 5.41) is 12.3. The number of carbonyl (C=O) groups is 1. The van der Waals surface area contributed by atoms with Gasteiger partial charge in [-0.15, -0.1) is 10.2 Å². The number of carbonyl (C=O) groups excluding carboxylic acids is 1. The molecule has 224 valence electrons. The fraction of sp³-hybridized carbons (Fsp3) is 0.559. The van der Waals surface area contributed by atoms with Crippen LogP contribution in [0.2, 0.25) is 0 Å². The molecule has 1 aliphatic carbocycles. The summed E-state index contributed by atoms with van der Waals surface area (Å²) in [5.41, 5.74) is 2.40. The molecular formula is C34H43F2N5O. The lowest BCUT2D eigenvalue weighted by Crippen LogP contribution is -2.45. The van der Waals surface area contributed by atoms with E-state index in [0.717, 1.165) is 55.9 Å². The van der Waals surface area contributed by atoms with Crippen LogP contribution in [-0.4, -0.2) is 50.1 Å². The number of aromatic nitrogens is 3. The highest BCUT2D eigenvalue weighted by atomic mass is 19.3. The average Bonchev–Trinajstić information content (AvgIpc) is 3.48. The van der Waals surface area contributed by atoms with E-state index in [-0.39, 0.29) is 43.6 Å². The van der Waals surface area contributed by atoms with Crippen LogP contribution < -0.4 is 5.32 Å². The maximum Gasteiger partial charge on any atom is 0.248 e. The topological polar surface area (TPSA) is 63.1 Å². The Morgan fingerprint density at radius 1 is 0.905 bits per heavy atom. The molecule has 1 aromatic heterocycles. The molecule has 1 amide bonds. The minimum absolute atomic E-state index is 0.0767. The molecule has 42 heavy (non-hydrogen) atoms. The van der Waals surface area contributed by atoms with Crippen molar-refractivity contribution in [3.8, 4) is 0 Å². The molecule has 6 nitrogen and oxygen atoms in total. The van der Waals surface area contributed by atoms with Crippen LogP contribution in [0, 0.1) is 12.8 Å². The molecule has 0 spiro atoms. The molecule has 2 bridgehead atoms. The normalized spacial score (nSPS) is 24.9. The third-order valence-corrected chi connectivity index (χ3v) is 9.92. The predicted octanol–water partition coefficient (Wildman–Crippen LogP) is 6.61. The van der Waals surface area contributed by atoms with Gasteiger partial charge in [-0.1, -0.05) is 60.7 Å². The van der Waals surface area contributed by atoms with Crippen LogP contribution in [-0.2, 0) is 17.6 Å². The number of rotatable bonds is 10. The summed E-state index contributed by atoms with van der Waals surface area (Å²) in [6.07, 6.45) is 7.35. The van der Waals surface area contributed by atoms with Crippen molar-refractivity contribution < 1.29 is 13.6 Å². The van der Waals surface area contributed by atoms with Crippen LogP contribution >= 0.6 is 0 Å². The number of piperidine rings is 1. The standard InChI is InChI=1S/C34H43F2N5O/c1-24-38-39-32(15-12-25-8-4-2-5-9-25)41(24)30-22-28-13-14-29(23-30)40(28)21-18-31(26-10-6-3-7-11-26)37-33(42)27-16-19-34(35,36)20-17-27/h2-11,27-31H,12-23H2,1H3,(H,37,42)/t28?,29?,30?,31-/m0/s1. The molecule has 3 aromatic rings. The number of amides is 1. The zero-order chi connectivity index (χ0) is 29.1. The number of alkyl halides is 2. The quantitative estimate of drug-likeness (QED) is 0.295. The molecule has 3 aliphatic rings. The summed E-state index contributed by atoms with van der Waals surface area (Å²) in [6, 6.07) is 22.0. The zero-order valence-corrected chi connectivity index (χ0v) is 24.6. The molecule has 2 saturated heterocycles. The summed E-state index contributed by atoms with van der Waals surface area (Å²) >= 11 is 0. The molecule has 6 rings (SSSR count). The molecule has 2 aromatic carbocycles. The minimum Gasteiger partial charge on any atom is -0.349 e. The van der Waals surface area contributed by atoms with Crippen molar-refractivity contribution in [2.45, 2.75) is 108 Å². The van der Waals surface area contributed by atoms with E-state index in [1.807, 2.05) is 18.2 Å². The van der Waals surface area contributed by atoms with Crippen molar-refractivity contribution in [1.29, 1.82) is 0 Å². The first-order valence-electron chi connectivity index (χ1n) is 15.8. The Labute approximate surface area is 247 Å². The van der Waals surface area contributed by atoms with Gasteiger partial charge < -0.3 is 9.88 Å². The van der Waals surface area contributed by atoms with Gasteiger partial charge in [0.05, 0.1) is 6.04 Å². The maximum atomic E-state index is 13.7. The maximum absolute atomic E-state index is 13.7. The van der Waals surface area contributed by atoms with Gasteiger partial charge in [-0.2, -0.15) is 0 Å². The second kappa shape index (κ2) is 12.6. The first-order valence-corrected chi connectivity index (χ1v) is 15.8. The van der Waals surface area contributed by atoms with Gasteiger partial charge in [-0.3, -0.25) is 9.69 Å². The van der Waals surface area contributed by atoms with Crippen LogP contribution in [0.1, 0.15) is 92.6 Å². The van der Waals surface area contributed by atoms with Crippen LogP contribution in [0.15, 0.2) is 60.7 Å². The molecule has 3 heterocycles. The van der Waals surface area contributed by atoms with Gasteiger partial charge in [-0.05, 0) is 69.4 Å². The largest absolute Gasteiger partial charge is 0.349 e. The Morgan fingerprint density at radius 2 is 1.55 bits per heavy atom. The molecular weight excluding hydrogens is 532 g/mol. The van der Waals surface area contributed by atoms with Gasteiger partial charge in [0.25, 0.3) is 0 Å². The van der Waals surface area contributed by atoms with E-state index >= 15 is 0 Å². The van der Waals surface area contributed by atoms with E-state index in [0.29, 0.717) is 18.1 Å². The van der Waals surface area contributed by atoms with Gasteiger partial charge in [0.15, 0.2) is 0 Å². The summed E-state index contributed by atoms with van der Waals surface area (Å²) in [7, 11) is 0. The molecule has 8 heteroatoms. The summed E-state index contributed by atoms with van der Waals surface area (Å²) in [6.45, 7) is 2.99. The molecule has 3 fully saturated rings. The molecule has 2 unspecified atom stereocenters. The lowest BCUT2D eigenvalue weighted by Gasteiger charge is -2.40. The highest BCUT2D eigenvalue weighted by Gasteiger charge is 2.42. The van der Waals surface area contributed by atoms with Gasteiger partial charge in [0.2, 0.25) is 11.8 Å². The van der Waals surface area contributed by atoms with Gasteiger partial charge in [0, 0.05) is 49.9 Å². The number of hydrogen-bond donors (Lipinski definition) is 1. The van der Waals surface area contributed by atoms with Crippen molar-refractivity contribution in [3.05, 3.63) is 83.4 Å². The average molecular weight is 576 g/mol. The van der Waals surface area contributed by atoms with Crippen LogP contribution in [0.5, 0.6) is 0 Å². The molecule has 0 radical (unpaired) electrons. The van der Waals surface area contributed by atoms with E-state index in [1.165, 1.54) is 18.4 Å². The van der Waals surface area contributed by atoms with Crippen molar-refractivity contribution in [1.82, 2.24) is 25.0 Å². The van der Waals surface area contributed by atoms with Gasteiger partial charge in [-0.25, -0.2) is 8.78 Å². The smallest absolute Gasteiger partial charge is 0.248 e. The Balaban J connectivity index is 1.09. The number of aryl methyl sites for hydroxylation is 3. The van der Waals surface area contributed by atoms with Crippen molar-refractivity contribution in [3.63, 3.8) is 0 Å². The van der Waals surface area contributed by atoms with Crippen LogP contribution in [0.25, 0.3) is 0 Å². The first kappa shape index (κ1) is 29.0. The second-order valence-corrected chi connectivity index (χ2v) is 12.7. The Hall–Kier alpha value is -3.13. The van der Waals surface area contributed by atoms with Gasteiger partial charge in [0.1, 0.15) is 11.6 Å². The highest BCUT2D eigenvalue weighted by molar-refractivity contribution is 5.79. The number of hydrogen-bond acceptors (Lipinski definition) is 4. The van der Waals surface area contributed by atoms with E-state index in [9.17, 15) is 13.6 Å². The number of nitrogens with zero attached hydrogens (tertiary/aromatic N) is 4. The lowest BCUT2D eigenvalue weighted by molar-refractivity contribution is -0.130. The summed E-state index contributed by atoms with van der Waals surface area (Å²) < 4.78 is 29.8. The van der Waals surface area contributed by atoms with Crippen molar-refractivity contribution in [2.24, 2.45) is 5.92 Å². The summed E-state index contributed by atoms with van der Waals surface area (Å²) in [4.78, 5) is 15.9. The monoisotopic (exact) mass is 575 g/mol. The van der Waals surface area contributed by atoms with E-state index in [1.54, 1.807) is 0 Å². The number of halogens is 2. The van der Waals surface area contributed by atoms with E-state index < -0.39 is 5.92 Å². The highest BCUT2D eigenvalue weighted by Crippen LogP contribution is 2.42. The second-order valence-electron chi connectivity index (χ2n) is 12.7. The lowest BCUT2D eigenvalue weighted by atomic mass is 9.86. The third-order valence-electron chi connectivity index (χ3n) is 9.92. The molecule has 1 saturated carbocycles. The summed E-state index contributed by atoms with van der Waals surface area (Å²) in [5.74, 6) is -0.947. The Morgan fingerprint density at radius 3 is 2.21 bits per heavy atom. The number of benzene rings is 2. The van der Waals surface area contributed by atoms with Crippen molar-refractivity contribution in [2.75, 3.05) is 6.54 Å². The fourth-order valence-corrected chi connectivity index (χ4v) is 7.66. The molecule has 2 aliphatic heterocycles. The Kier molecular flexibility index (Phi) is 8.70. The van der Waals surface area contributed by atoms with E-state index in [2.05, 4.69) is 74.4 Å². The Bertz CT molecular complexity index is 1310.